The number of rotatable bonds is 3. The summed E-state index contributed by atoms with van der Waals surface area (Å²) in [6.07, 6.45) is 0.637. The minimum atomic E-state index is -1.44. The van der Waals surface area contributed by atoms with Gasteiger partial charge < -0.3 is 15.2 Å². The van der Waals surface area contributed by atoms with Crippen LogP contribution in [0.1, 0.15) is 31.9 Å². The molecule has 102 valence electrons. The standard InChI is InChI=1S/C14H17NO4/c1-14(2,13(17)18)12(16)15-10-7-8-19-11-6-4-3-5-9(10)11/h3-6,10H,7-8H2,1-2H3,(H,15,16)(H,17,18). The van der Waals surface area contributed by atoms with E-state index in [1.54, 1.807) is 0 Å². The first-order valence-corrected chi connectivity index (χ1v) is 6.19. The van der Waals surface area contributed by atoms with Crippen molar-refractivity contribution in [2.45, 2.75) is 26.3 Å². The van der Waals surface area contributed by atoms with Gasteiger partial charge in [-0.15, -0.1) is 0 Å². The van der Waals surface area contributed by atoms with Gasteiger partial charge in [-0.2, -0.15) is 0 Å². The summed E-state index contributed by atoms with van der Waals surface area (Å²) in [5.41, 5.74) is -0.545. The second kappa shape index (κ2) is 4.91. The maximum absolute atomic E-state index is 12.1. The minimum absolute atomic E-state index is 0.198. The maximum Gasteiger partial charge on any atom is 0.318 e. The zero-order valence-corrected chi connectivity index (χ0v) is 11.0. The second-order valence-corrected chi connectivity index (χ2v) is 5.13. The third kappa shape index (κ3) is 2.54. The average Bonchev–Trinajstić information content (AvgIpc) is 2.39. The molecule has 0 saturated heterocycles. The van der Waals surface area contributed by atoms with Crippen molar-refractivity contribution in [1.82, 2.24) is 5.32 Å². The quantitative estimate of drug-likeness (QED) is 0.814. The first-order valence-electron chi connectivity index (χ1n) is 6.19. The van der Waals surface area contributed by atoms with Crippen LogP contribution in [0.25, 0.3) is 0 Å². The van der Waals surface area contributed by atoms with Crippen molar-refractivity contribution in [2.75, 3.05) is 6.61 Å². The Balaban J connectivity index is 2.18. The minimum Gasteiger partial charge on any atom is -0.493 e. The van der Waals surface area contributed by atoms with Crippen LogP contribution in [0.3, 0.4) is 0 Å². The van der Waals surface area contributed by atoms with Crippen LogP contribution < -0.4 is 10.1 Å². The van der Waals surface area contributed by atoms with Gasteiger partial charge >= 0.3 is 5.97 Å². The predicted molar refractivity (Wildman–Crippen MR) is 68.9 cm³/mol. The first kappa shape index (κ1) is 13.4. The molecule has 0 bridgehead atoms. The fourth-order valence-corrected chi connectivity index (χ4v) is 1.93. The van der Waals surface area contributed by atoms with Crippen molar-refractivity contribution >= 4 is 11.9 Å². The molecule has 1 amide bonds. The SMILES string of the molecule is CC(C)(C(=O)O)C(=O)NC1CCOc2ccccc21. The lowest BCUT2D eigenvalue weighted by molar-refractivity contribution is -0.153. The lowest BCUT2D eigenvalue weighted by Crippen LogP contribution is -2.44. The molecule has 1 heterocycles. The van der Waals surface area contributed by atoms with E-state index in [0.29, 0.717) is 13.0 Å². The van der Waals surface area contributed by atoms with E-state index >= 15 is 0 Å². The molecule has 1 aliphatic heterocycles. The number of nitrogens with one attached hydrogen (secondary N) is 1. The van der Waals surface area contributed by atoms with Crippen molar-refractivity contribution in [3.05, 3.63) is 29.8 Å². The van der Waals surface area contributed by atoms with Crippen LogP contribution in [-0.4, -0.2) is 23.6 Å². The second-order valence-electron chi connectivity index (χ2n) is 5.13. The summed E-state index contributed by atoms with van der Waals surface area (Å²) in [6.45, 7) is 3.31. The Morgan fingerprint density at radius 1 is 1.37 bits per heavy atom. The number of hydrogen-bond acceptors (Lipinski definition) is 3. The fraction of sp³-hybridized carbons (Fsp3) is 0.429. The molecule has 1 aromatic carbocycles. The Bertz CT molecular complexity index is 510. The summed E-state index contributed by atoms with van der Waals surface area (Å²) in [4.78, 5) is 23.1. The Hall–Kier alpha value is -2.04. The normalized spacial score (nSPS) is 18.1. The highest BCUT2D eigenvalue weighted by Gasteiger charge is 2.37. The molecule has 0 saturated carbocycles. The molecule has 2 N–H and O–H groups in total. The van der Waals surface area contributed by atoms with Crippen molar-refractivity contribution < 1.29 is 19.4 Å². The van der Waals surface area contributed by atoms with Crippen LogP contribution in [0.5, 0.6) is 5.75 Å². The van der Waals surface area contributed by atoms with Crippen molar-refractivity contribution in [3.8, 4) is 5.75 Å². The van der Waals surface area contributed by atoms with Crippen LogP contribution in [0, 0.1) is 5.41 Å². The molecular formula is C14H17NO4. The van der Waals surface area contributed by atoms with Gasteiger partial charge in [0.25, 0.3) is 0 Å². The molecule has 1 unspecified atom stereocenters. The molecule has 0 aromatic heterocycles. The van der Waals surface area contributed by atoms with Crippen LogP contribution in [0.15, 0.2) is 24.3 Å². The van der Waals surface area contributed by atoms with E-state index in [1.807, 2.05) is 24.3 Å². The van der Waals surface area contributed by atoms with E-state index in [4.69, 9.17) is 9.84 Å². The van der Waals surface area contributed by atoms with E-state index in [9.17, 15) is 9.59 Å². The van der Waals surface area contributed by atoms with Gasteiger partial charge in [-0.3, -0.25) is 9.59 Å². The summed E-state index contributed by atoms with van der Waals surface area (Å²) in [6, 6.07) is 7.26. The van der Waals surface area contributed by atoms with Gasteiger partial charge in [0.15, 0.2) is 0 Å². The van der Waals surface area contributed by atoms with Gasteiger partial charge in [0, 0.05) is 12.0 Å². The molecule has 1 aromatic rings. The highest BCUT2D eigenvalue weighted by Crippen LogP contribution is 2.32. The molecule has 0 spiro atoms. The number of carboxylic acid groups (broad SMARTS) is 1. The molecular weight excluding hydrogens is 246 g/mol. The third-order valence-corrected chi connectivity index (χ3v) is 3.37. The Kier molecular flexibility index (Phi) is 3.46. The molecule has 0 fully saturated rings. The zero-order chi connectivity index (χ0) is 14.0. The van der Waals surface area contributed by atoms with Gasteiger partial charge in [0.05, 0.1) is 12.6 Å². The monoisotopic (exact) mass is 263 g/mol. The van der Waals surface area contributed by atoms with Gasteiger partial charge in [-0.1, -0.05) is 18.2 Å². The third-order valence-electron chi connectivity index (χ3n) is 3.37. The van der Waals surface area contributed by atoms with Crippen LogP contribution in [-0.2, 0) is 9.59 Å². The lowest BCUT2D eigenvalue weighted by Gasteiger charge is -2.29. The topological polar surface area (TPSA) is 75.6 Å². The van der Waals surface area contributed by atoms with Crippen molar-refractivity contribution in [3.63, 3.8) is 0 Å². The Labute approximate surface area is 111 Å². The van der Waals surface area contributed by atoms with Crippen molar-refractivity contribution in [1.29, 1.82) is 0 Å². The number of carbonyl (C=O) groups excluding carboxylic acids is 1. The highest BCUT2D eigenvalue weighted by molar-refractivity contribution is 6.01. The number of carbonyl (C=O) groups is 2. The molecule has 1 aliphatic rings. The summed E-state index contributed by atoms with van der Waals surface area (Å²) < 4.78 is 5.50. The first-order chi connectivity index (χ1) is 8.93. The van der Waals surface area contributed by atoms with Gasteiger partial charge in [-0.05, 0) is 19.9 Å². The number of aliphatic carboxylic acids is 1. The van der Waals surface area contributed by atoms with Gasteiger partial charge in [-0.25, -0.2) is 0 Å². The zero-order valence-electron chi connectivity index (χ0n) is 11.0. The maximum atomic E-state index is 12.1. The Morgan fingerprint density at radius 3 is 2.74 bits per heavy atom. The van der Waals surface area contributed by atoms with Crippen LogP contribution >= 0.6 is 0 Å². The molecule has 5 nitrogen and oxygen atoms in total. The summed E-state index contributed by atoms with van der Waals surface area (Å²) >= 11 is 0. The highest BCUT2D eigenvalue weighted by atomic mass is 16.5. The van der Waals surface area contributed by atoms with E-state index in [-0.39, 0.29) is 6.04 Å². The molecule has 0 radical (unpaired) electrons. The van der Waals surface area contributed by atoms with Crippen LogP contribution in [0.4, 0.5) is 0 Å². The van der Waals surface area contributed by atoms with Crippen LogP contribution in [0.2, 0.25) is 0 Å². The van der Waals surface area contributed by atoms with E-state index in [2.05, 4.69) is 5.32 Å². The number of hydrogen-bond donors (Lipinski definition) is 2. The number of carboxylic acids is 1. The van der Waals surface area contributed by atoms with Gasteiger partial charge in [0.2, 0.25) is 5.91 Å². The van der Waals surface area contributed by atoms with E-state index < -0.39 is 17.3 Å². The molecule has 5 heteroatoms. The predicted octanol–water partition coefficient (Wildman–Crippen LogP) is 1.74. The summed E-state index contributed by atoms with van der Waals surface area (Å²) in [5, 5.41) is 11.8. The lowest BCUT2D eigenvalue weighted by atomic mass is 9.91. The molecule has 1 atom stereocenters. The average molecular weight is 263 g/mol. The van der Waals surface area contributed by atoms with E-state index in [1.165, 1.54) is 13.8 Å². The molecule has 19 heavy (non-hydrogen) atoms. The summed E-state index contributed by atoms with van der Waals surface area (Å²) in [5.74, 6) is -0.876. The van der Waals surface area contributed by atoms with Crippen molar-refractivity contribution in [2.24, 2.45) is 5.41 Å². The number of benzene rings is 1. The van der Waals surface area contributed by atoms with E-state index in [0.717, 1.165) is 11.3 Å². The summed E-state index contributed by atoms with van der Waals surface area (Å²) in [7, 11) is 0. The smallest absolute Gasteiger partial charge is 0.318 e. The number of ether oxygens (including phenoxy) is 1. The Morgan fingerprint density at radius 2 is 2.05 bits per heavy atom. The van der Waals surface area contributed by atoms with Gasteiger partial charge in [0.1, 0.15) is 11.2 Å². The molecule has 0 aliphatic carbocycles. The largest absolute Gasteiger partial charge is 0.493 e. The molecule has 2 rings (SSSR count). The number of fused-ring (bicyclic) bond motifs is 1. The number of amides is 1. The number of para-hydroxylation sites is 1. The fourth-order valence-electron chi connectivity index (χ4n) is 1.93.